The Morgan fingerprint density at radius 3 is 2.41 bits per heavy atom. The summed E-state index contributed by atoms with van der Waals surface area (Å²) in [5.74, 6) is -0.181. The molecule has 3 rings (SSSR count). The quantitative estimate of drug-likeness (QED) is 0.495. The number of benzene rings is 2. The zero-order chi connectivity index (χ0) is 23.3. The van der Waals surface area contributed by atoms with E-state index in [2.05, 4.69) is 34.7 Å². The normalized spacial score (nSPS) is 11.9. The van der Waals surface area contributed by atoms with Gasteiger partial charge >= 0.3 is 0 Å². The number of carbonyl (C=O) groups excluding carboxylic acids is 2. The fraction of sp³-hybridized carbons (Fsp3) is 0.304. The van der Waals surface area contributed by atoms with Crippen molar-refractivity contribution < 1.29 is 14.0 Å². The van der Waals surface area contributed by atoms with Crippen LogP contribution in [-0.4, -0.2) is 32.3 Å². The van der Waals surface area contributed by atoms with Gasteiger partial charge in [0.05, 0.1) is 17.4 Å². The summed E-state index contributed by atoms with van der Waals surface area (Å²) in [5, 5.41) is 14.4. The van der Waals surface area contributed by atoms with Crippen LogP contribution in [-0.2, 0) is 11.8 Å². The van der Waals surface area contributed by atoms with Crippen LogP contribution >= 0.6 is 11.8 Å². The molecule has 0 aliphatic rings. The Bertz CT molecular complexity index is 1100. The SMILES string of the molecule is CC(C)c1ccc(NC(=O)CSc2nnc([C@H](C)NC(=O)c3ccccc3F)n2C)cc1. The molecule has 2 aromatic carbocycles. The number of halogens is 1. The number of nitrogens with zero attached hydrogens (tertiary/aromatic N) is 3. The van der Waals surface area contributed by atoms with Crippen LogP contribution < -0.4 is 10.6 Å². The van der Waals surface area contributed by atoms with E-state index < -0.39 is 17.8 Å². The van der Waals surface area contributed by atoms with Crippen molar-refractivity contribution in [2.45, 2.75) is 37.9 Å². The summed E-state index contributed by atoms with van der Waals surface area (Å²) in [7, 11) is 1.76. The largest absolute Gasteiger partial charge is 0.342 e. The van der Waals surface area contributed by atoms with Crippen molar-refractivity contribution in [3.8, 4) is 0 Å². The van der Waals surface area contributed by atoms with Crippen molar-refractivity contribution in [3.05, 3.63) is 71.3 Å². The highest BCUT2D eigenvalue weighted by molar-refractivity contribution is 7.99. The van der Waals surface area contributed by atoms with Gasteiger partial charge in [-0.05, 0) is 42.7 Å². The molecule has 0 saturated carbocycles. The van der Waals surface area contributed by atoms with Gasteiger partial charge in [-0.1, -0.05) is 49.9 Å². The Kier molecular flexibility index (Phi) is 7.63. The fourth-order valence-electron chi connectivity index (χ4n) is 3.09. The molecule has 0 saturated heterocycles. The molecule has 32 heavy (non-hydrogen) atoms. The second-order valence-electron chi connectivity index (χ2n) is 7.69. The second-order valence-corrected chi connectivity index (χ2v) is 8.63. The Balaban J connectivity index is 1.56. The van der Waals surface area contributed by atoms with Gasteiger partial charge in [0.25, 0.3) is 5.91 Å². The Morgan fingerprint density at radius 2 is 1.75 bits per heavy atom. The first-order valence-electron chi connectivity index (χ1n) is 10.2. The Morgan fingerprint density at radius 1 is 1.06 bits per heavy atom. The molecule has 1 aromatic heterocycles. The maximum absolute atomic E-state index is 13.8. The Labute approximate surface area is 190 Å². The first-order valence-corrected chi connectivity index (χ1v) is 11.2. The number of aromatic nitrogens is 3. The number of thioether (sulfide) groups is 1. The van der Waals surface area contributed by atoms with Gasteiger partial charge in [-0.2, -0.15) is 0 Å². The minimum absolute atomic E-state index is 0.0331. The van der Waals surface area contributed by atoms with Gasteiger partial charge in [0, 0.05) is 12.7 Å². The summed E-state index contributed by atoms with van der Waals surface area (Å²) in [6.07, 6.45) is 0. The monoisotopic (exact) mass is 455 g/mol. The first-order chi connectivity index (χ1) is 15.3. The molecule has 168 valence electrons. The number of amides is 2. The predicted molar refractivity (Wildman–Crippen MR) is 123 cm³/mol. The lowest BCUT2D eigenvalue weighted by molar-refractivity contribution is -0.113. The number of anilines is 1. The zero-order valence-electron chi connectivity index (χ0n) is 18.4. The van der Waals surface area contributed by atoms with Crippen LogP contribution in [0.15, 0.2) is 53.7 Å². The highest BCUT2D eigenvalue weighted by Gasteiger charge is 2.20. The van der Waals surface area contributed by atoms with Crippen LogP contribution in [0.1, 0.15) is 54.5 Å². The van der Waals surface area contributed by atoms with Crippen LogP contribution in [0.3, 0.4) is 0 Å². The van der Waals surface area contributed by atoms with Gasteiger partial charge in [0.1, 0.15) is 5.82 Å². The van der Waals surface area contributed by atoms with Gasteiger partial charge in [-0.3, -0.25) is 9.59 Å². The molecule has 2 amide bonds. The van der Waals surface area contributed by atoms with Gasteiger partial charge in [0.2, 0.25) is 5.91 Å². The molecule has 0 bridgehead atoms. The van der Waals surface area contributed by atoms with Gasteiger partial charge in [0.15, 0.2) is 11.0 Å². The van der Waals surface area contributed by atoms with Crippen LogP contribution in [0.2, 0.25) is 0 Å². The molecule has 0 aliphatic heterocycles. The van der Waals surface area contributed by atoms with Crippen molar-refractivity contribution in [3.63, 3.8) is 0 Å². The van der Waals surface area contributed by atoms with E-state index in [0.717, 1.165) is 5.69 Å². The minimum atomic E-state index is -0.587. The van der Waals surface area contributed by atoms with E-state index in [1.165, 1.54) is 35.5 Å². The van der Waals surface area contributed by atoms with E-state index in [0.29, 0.717) is 16.9 Å². The molecule has 3 aromatic rings. The molecule has 0 aliphatic carbocycles. The van der Waals surface area contributed by atoms with E-state index in [9.17, 15) is 14.0 Å². The van der Waals surface area contributed by atoms with Gasteiger partial charge in [-0.25, -0.2) is 4.39 Å². The third-order valence-corrected chi connectivity index (χ3v) is 5.94. The average Bonchev–Trinajstić information content (AvgIpc) is 3.13. The number of hydrogen-bond donors (Lipinski definition) is 2. The van der Waals surface area contributed by atoms with E-state index in [1.54, 1.807) is 24.6 Å². The van der Waals surface area contributed by atoms with Gasteiger partial charge in [-0.15, -0.1) is 10.2 Å². The van der Waals surface area contributed by atoms with Crippen LogP contribution in [0, 0.1) is 5.82 Å². The number of nitrogens with one attached hydrogen (secondary N) is 2. The summed E-state index contributed by atoms with van der Waals surface area (Å²) in [5.41, 5.74) is 1.91. The molecular formula is C23H26FN5O2S. The minimum Gasteiger partial charge on any atom is -0.342 e. The molecule has 1 atom stereocenters. The molecule has 0 fully saturated rings. The van der Waals surface area contributed by atoms with E-state index >= 15 is 0 Å². The maximum atomic E-state index is 13.8. The van der Waals surface area contributed by atoms with Crippen LogP contribution in [0.4, 0.5) is 10.1 Å². The van der Waals surface area contributed by atoms with E-state index in [4.69, 9.17) is 0 Å². The summed E-state index contributed by atoms with van der Waals surface area (Å²) in [4.78, 5) is 24.7. The highest BCUT2D eigenvalue weighted by Crippen LogP contribution is 2.21. The number of carbonyl (C=O) groups is 2. The predicted octanol–water partition coefficient (Wildman–Crippen LogP) is 4.30. The van der Waals surface area contributed by atoms with Gasteiger partial charge < -0.3 is 15.2 Å². The third kappa shape index (κ3) is 5.73. The zero-order valence-corrected chi connectivity index (χ0v) is 19.2. The van der Waals surface area contributed by atoms with Crippen molar-refractivity contribution in [1.29, 1.82) is 0 Å². The van der Waals surface area contributed by atoms with Crippen molar-refractivity contribution in [2.24, 2.45) is 7.05 Å². The first kappa shape index (κ1) is 23.5. The lowest BCUT2D eigenvalue weighted by atomic mass is 10.0. The highest BCUT2D eigenvalue weighted by atomic mass is 32.2. The second kappa shape index (κ2) is 10.4. The van der Waals surface area contributed by atoms with Crippen molar-refractivity contribution >= 4 is 29.3 Å². The lowest BCUT2D eigenvalue weighted by Gasteiger charge is -2.14. The summed E-state index contributed by atoms with van der Waals surface area (Å²) in [6, 6.07) is 13.1. The summed E-state index contributed by atoms with van der Waals surface area (Å²) >= 11 is 1.24. The average molecular weight is 456 g/mol. The summed E-state index contributed by atoms with van der Waals surface area (Å²) < 4.78 is 15.5. The topological polar surface area (TPSA) is 88.9 Å². The molecule has 1 heterocycles. The lowest BCUT2D eigenvalue weighted by Crippen LogP contribution is -2.29. The molecule has 0 unspecified atom stereocenters. The third-order valence-electron chi connectivity index (χ3n) is 4.92. The molecule has 0 radical (unpaired) electrons. The molecule has 2 N–H and O–H groups in total. The van der Waals surface area contributed by atoms with E-state index in [1.807, 2.05) is 24.3 Å². The fourth-order valence-corrected chi connectivity index (χ4v) is 3.81. The smallest absolute Gasteiger partial charge is 0.254 e. The number of rotatable bonds is 8. The van der Waals surface area contributed by atoms with Crippen molar-refractivity contribution in [2.75, 3.05) is 11.1 Å². The van der Waals surface area contributed by atoms with Crippen molar-refractivity contribution in [1.82, 2.24) is 20.1 Å². The molecule has 0 spiro atoms. The summed E-state index contributed by atoms with van der Waals surface area (Å²) in [6.45, 7) is 5.97. The van der Waals surface area contributed by atoms with Crippen LogP contribution in [0.5, 0.6) is 0 Å². The molecule has 9 heteroatoms. The maximum Gasteiger partial charge on any atom is 0.254 e. The van der Waals surface area contributed by atoms with Crippen LogP contribution in [0.25, 0.3) is 0 Å². The standard InChI is InChI=1S/C23H26FN5O2S/c1-14(2)16-9-11-17(12-10-16)26-20(30)13-32-23-28-27-21(29(23)4)15(3)25-22(31)18-7-5-6-8-19(18)24/h5-12,14-15H,13H2,1-4H3,(H,25,31)(H,26,30)/t15-/m0/s1. The molecular weight excluding hydrogens is 429 g/mol. The molecule has 7 nitrogen and oxygen atoms in total. The van der Waals surface area contributed by atoms with E-state index in [-0.39, 0.29) is 17.2 Å². The number of hydrogen-bond acceptors (Lipinski definition) is 5. The Hall–Kier alpha value is -3.20.